The van der Waals surface area contributed by atoms with Gasteiger partial charge < -0.3 is 19.5 Å². The molecule has 0 saturated carbocycles. The van der Waals surface area contributed by atoms with E-state index in [1.54, 1.807) is 31.2 Å². The number of hydrogen-bond donors (Lipinski definition) is 2. The number of methoxy groups -OCH3 is 2. The maximum absolute atomic E-state index is 12.8. The van der Waals surface area contributed by atoms with E-state index >= 15 is 0 Å². The van der Waals surface area contributed by atoms with Gasteiger partial charge in [0.25, 0.3) is 15.9 Å². The van der Waals surface area contributed by atoms with Crippen LogP contribution in [0.3, 0.4) is 0 Å². The van der Waals surface area contributed by atoms with Gasteiger partial charge in [-0.3, -0.25) is 9.52 Å². The lowest BCUT2D eigenvalue weighted by Crippen LogP contribution is -2.30. The number of sulfonamides is 1. The first-order valence-corrected chi connectivity index (χ1v) is 11.6. The summed E-state index contributed by atoms with van der Waals surface area (Å²) in [4.78, 5) is 12.5. The van der Waals surface area contributed by atoms with Crippen molar-refractivity contribution in [2.24, 2.45) is 0 Å². The molecule has 0 unspecified atom stereocenters. The maximum atomic E-state index is 12.8. The molecular formula is C24H26N2O6S. The minimum absolute atomic E-state index is 0.0302. The summed E-state index contributed by atoms with van der Waals surface area (Å²) in [5, 5.41) is 2.73. The molecule has 3 rings (SSSR count). The lowest BCUT2D eigenvalue weighted by Gasteiger charge is -2.16. The molecule has 1 atom stereocenters. The number of aryl methyl sites for hydroxylation is 1. The lowest BCUT2D eigenvalue weighted by atomic mass is 10.2. The van der Waals surface area contributed by atoms with Crippen molar-refractivity contribution in [2.45, 2.75) is 24.8 Å². The van der Waals surface area contributed by atoms with E-state index in [1.807, 2.05) is 25.1 Å². The molecule has 0 heterocycles. The molecule has 8 nitrogen and oxygen atoms in total. The Labute approximate surface area is 193 Å². The van der Waals surface area contributed by atoms with Gasteiger partial charge in [0, 0.05) is 11.8 Å². The van der Waals surface area contributed by atoms with Crippen LogP contribution in [0.25, 0.3) is 0 Å². The topological polar surface area (TPSA) is 103 Å². The van der Waals surface area contributed by atoms with E-state index in [1.165, 1.54) is 38.5 Å². The van der Waals surface area contributed by atoms with E-state index in [2.05, 4.69) is 10.0 Å². The van der Waals surface area contributed by atoms with Gasteiger partial charge in [0.2, 0.25) is 0 Å². The molecule has 9 heteroatoms. The fraction of sp³-hybridized carbons (Fsp3) is 0.208. The molecule has 0 bridgehead atoms. The third kappa shape index (κ3) is 5.95. The normalized spacial score (nSPS) is 11.9. The Morgan fingerprint density at radius 2 is 1.61 bits per heavy atom. The van der Waals surface area contributed by atoms with Gasteiger partial charge in [-0.1, -0.05) is 18.2 Å². The van der Waals surface area contributed by atoms with Crippen molar-refractivity contribution in [3.05, 3.63) is 72.3 Å². The number of hydrogen-bond acceptors (Lipinski definition) is 6. The summed E-state index contributed by atoms with van der Waals surface area (Å²) in [6.45, 7) is 3.54. The molecule has 3 aromatic carbocycles. The number of anilines is 2. The molecule has 1 amide bonds. The summed E-state index contributed by atoms with van der Waals surface area (Å²) in [5.41, 5.74) is 1.65. The Balaban J connectivity index is 1.68. The Morgan fingerprint density at radius 3 is 2.24 bits per heavy atom. The van der Waals surface area contributed by atoms with Crippen molar-refractivity contribution in [2.75, 3.05) is 24.3 Å². The number of nitrogens with one attached hydrogen (secondary N) is 2. The molecule has 3 aromatic rings. The Morgan fingerprint density at radius 1 is 0.909 bits per heavy atom. The lowest BCUT2D eigenvalue weighted by molar-refractivity contribution is -0.122. The zero-order valence-electron chi connectivity index (χ0n) is 18.8. The van der Waals surface area contributed by atoms with Gasteiger partial charge in [-0.25, -0.2) is 8.42 Å². The molecular weight excluding hydrogens is 444 g/mol. The van der Waals surface area contributed by atoms with E-state index in [0.29, 0.717) is 22.9 Å². The summed E-state index contributed by atoms with van der Waals surface area (Å²) in [5.74, 6) is 1.14. The number of carbonyl (C=O) groups excluding carboxylic acids is 1. The van der Waals surface area contributed by atoms with E-state index < -0.39 is 16.1 Å². The second-order valence-corrected chi connectivity index (χ2v) is 8.89. The molecule has 0 aliphatic carbocycles. The van der Waals surface area contributed by atoms with Gasteiger partial charge in [-0.2, -0.15) is 0 Å². The van der Waals surface area contributed by atoms with E-state index in [0.717, 1.165) is 5.56 Å². The number of benzene rings is 3. The van der Waals surface area contributed by atoms with Crippen LogP contribution >= 0.6 is 0 Å². The molecule has 174 valence electrons. The summed E-state index contributed by atoms with van der Waals surface area (Å²) in [6, 6.07) is 18.0. The van der Waals surface area contributed by atoms with Crippen LogP contribution in [0.4, 0.5) is 11.4 Å². The minimum atomic E-state index is -3.88. The SMILES string of the molecule is COc1ccc(NS(=O)(=O)c2ccc(NC(=O)[C@@H](C)Oc3ccccc3C)cc2)c(OC)c1. The summed E-state index contributed by atoms with van der Waals surface area (Å²) >= 11 is 0. The Bertz CT molecular complexity index is 1230. The largest absolute Gasteiger partial charge is 0.497 e. The van der Waals surface area contributed by atoms with Crippen LogP contribution in [0.1, 0.15) is 12.5 Å². The van der Waals surface area contributed by atoms with Crippen LogP contribution in [0.5, 0.6) is 17.2 Å². The van der Waals surface area contributed by atoms with Crippen molar-refractivity contribution in [3.8, 4) is 17.2 Å². The molecule has 0 saturated heterocycles. The van der Waals surface area contributed by atoms with Gasteiger partial charge in [0.1, 0.15) is 17.2 Å². The van der Waals surface area contributed by atoms with Crippen molar-refractivity contribution < 1.29 is 27.4 Å². The number of rotatable bonds is 9. The van der Waals surface area contributed by atoms with E-state index in [9.17, 15) is 13.2 Å². The quantitative estimate of drug-likeness (QED) is 0.485. The second-order valence-electron chi connectivity index (χ2n) is 7.21. The molecule has 33 heavy (non-hydrogen) atoms. The van der Waals surface area contributed by atoms with Crippen LogP contribution in [-0.4, -0.2) is 34.6 Å². The average Bonchev–Trinajstić information content (AvgIpc) is 2.81. The van der Waals surface area contributed by atoms with Gasteiger partial charge >= 0.3 is 0 Å². The number of amides is 1. The highest BCUT2D eigenvalue weighted by Crippen LogP contribution is 2.31. The Kier molecular flexibility index (Phi) is 7.44. The van der Waals surface area contributed by atoms with Crippen molar-refractivity contribution in [1.29, 1.82) is 0 Å². The highest BCUT2D eigenvalue weighted by molar-refractivity contribution is 7.92. The fourth-order valence-corrected chi connectivity index (χ4v) is 4.05. The first-order chi connectivity index (χ1) is 15.7. The Hall–Kier alpha value is -3.72. The van der Waals surface area contributed by atoms with Crippen LogP contribution in [0.2, 0.25) is 0 Å². The number of carbonyl (C=O) groups is 1. The van der Waals surface area contributed by atoms with Crippen molar-refractivity contribution in [1.82, 2.24) is 0 Å². The standard InChI is InChI=1S/C24H26N2O6S/c1-16-7-5-6-8-22(16)32-17(2)24(27)25-18-9-12-20(13-10-18)33(28,29)26-21-14-11-19(30-3)15-23(21)31-4/h5-15,17,26H,1-4H3,(H,25,27)/t17-/m1/s1. The number of ether oxygens (including phenoxy) is 3. The average molecular weight is 471 g/mol. The second kappa shape index (κ2) is 10.3. The fourth-order valence-electron chi connectivity index (χ4n) is 2.98. The van der Waals surface area contributed by atoms with Crippen molar-refractivity contribution in [3.63, 3.8) is 0 Å². The monoisotopic (exact) mass is 470 g/mol. The molecule has 0 aliphatic heterocycles. The first kappa shape index (κ1) is 23.9. The van der Waals surface area contributed by atoms with Gasteiger partial charge in [0.15, 0.2) is 6.10 Å². The van der Waals surface area contributed by atoms with E-state index in [-0.39, 0.29) is 16.5 Å². The molecule has 0 radical (unpaired) electrons. The van der Waals surface area contributed by atoms with Crippen LogP contribution < -0.4 is 24.2 Å². The first-order valence-electron chi connectivity index (χ1n) is 10.1. The van der Waals surface area contributed by atoms with Crippen molar-refractivity contribution >= 4 is 27.3 Å². The van der Waals surface area contributed by atoms with Crippen LogP contribution in [0, 0.1) is 6.92 Å². The smallest absolute Gasteiger partial charge is 0.265 e. The molecule has 0 aliphatic rings. The third-order valence-corrected chi connectivity index (χ3v) is 6.23. The van der Waals surface area contributed by atoms with Gasteiger partial charge in [-0.15, -0.1) is 0 Å². The summed E-state index contributed by atoms with van der Waals surface area (Å²) in [6.07, 6.45) is -0.737. The molecule has 0 spiro atoms. The predicted molar refractivity (Wildman–Crippen MR) is 127 cm³/mol. The molecule has 0 aromatic heterocycles. The number of para-hydroxylation sites is 1. The van der Waals surface area contributed by atoms with Gasteiger partial charge in [0.05, 0.1) is 24.8 Å². The third-order valence-electron chi connectivity index (χ3n) is 4.85. The zero-order valence-corrected chi connectivity index (χ0v) is 19.6. The van der Waals surface area contributed by atoms with E-state index in [4.69, 9.17) is 14.2 Å². The molecule has 0 fully saturated rings. The minimum Gasteiger partial charge on any atom is -0.497 e. The van der Waals surface area contributed by atoms with Crippen LogP contribution in [0.15, 0.2) is 71.6 Å². The van der Waals surface area contributed by atoms with Gasteiger partial charge in [-0.05, 0) is 61.9 Å². The zero-order chi connectivity index (χ0) is 24.0. The predicted octanol–water partition coefficient (Wildman–Crippen LogP) is 4.22. The highest BCUT2D eigenvalue weighted by atomic mass is 32.2. The van der Waals surface area contributed by atoms with Crippen LogP contribution in [-0.2, 0) is 14.8 Å². The summed E-state index contributed by atoms with van der Waals surface area (Å²) in [7, 11) is -0.934. The highest BCUT2D eigenvalue weighted by Gasteiger charge is 2.19. The molecule has 2 N–H and O–H groups in total. The maximum Gasteiger partial charge on any atom is 0.265 e. The summed E-state index contributed by atoms with van der Waals surface area (Å²) < 4.78 is 44.2.